The summed E-state index contributed by atoms with van der Waals surface area (Å²) < 4.78 is 59.1. The highest BCUT2D eigenvalue weighted by atomic mass is 32.2. The molecule has 10 heterocycles. The van der Waals surface area contributed by atoms with Gasteiger partial charge in [0.25, 0.3) is 0 Å². The molecular weight excluding hydrogens is 1420 g/mol. The maximum absolute atomic E-state index is 10.8. The van der Waals surface area contributed by atoms with Crippen LogP contribution in [0.3, 0.4) is 0 Å². The topological polar surface area (TPSA) is 149 Å². The number of piperidine rings is 2. The van der Waals surface area contributed by atoms with Crippen molar-refractivity contribution in [2.24, 2.45) is 100 Å². The predicted octanol–water partition coefficient (Wildman–Crippen LogP) is 23.2. The highest BCUT2D eigenvalue weighted by Gasteiger charge is 2.22. The van der Waals surface area contributed by atoms with Gasteiger partial charge in [0.2, 0.25) is 0 Å². The minimum atomic E-state index is -2.62. The molecule has 10 rings (SSSR count). The Kier molecular flexibility index (Phi) is 82.4. The molecule has 110 heavy (non-hydrogen) atoms. The Bertz CT molecular complexity index is 1800. The van der Waals surface area contributed by atoms with E-state index >= 15 is 0 Å². The van der Waals surface area contributed by atoms with Gasteiger partial charge < -0.3 is 49.9 Å². The predicted molar refractivity (Wildman–Crippen MR) is 496 cm³/mol. The first-order valence-corrected chi connectivity index (χ1v) is 50.3. The lowest BCUT2D eigenvalue weighted by Crippen LogP contribution is -2.28. The van der Waals surface area contributed by atoms with Gasteiger partial charge in [0.05, 0.1) is 42.0 Å². The van der Waals surface area contributed by atoms with Crippen molar-refractivity contribution in [3.63, 3.8) is 0 Å². The first kappa shape index (κ1) is 119. The van der Waals surface area contributed by atoms with Crippen LogP contribution in [-0.2, 0) is 44.3 Å². The molecule has 670 valence electrons. The van der Waals surface area contributed by atoms with Gasteiger partial charge in [-0.15, -0.1) is 0 Å². The van der Waals surface area contributed by atoms with Crippen molar-refractivity contribution in [2.75, 3.05) is 142 Å². The number of sulfone groups is 1. The summed E-state index contributed by atoms with van der Waals surface area (Å²) in [5.41, 5.74) is 0.500. The summed E-state index contributed by atoms with van der Waals surface area (Å²) in [7, 11) is 5.04. The zero-order valence-corrected chi connectivity index (χ0v) is 82.9. The van der Waals surface area contributed by atoms with Gasteiger partial charge in [-0.25, -0.2) is 8.42 Å². The molecule has 0 aromatic rings. The van der Waals surface area contributed by atoms with Gasteiger partial charge in [0, 0.05) is 55.3 Å². The van der Waals surface area contributed by atoms with Crippen molar-refractivity contribution in [1.82, 2.24) is 26.2 Å². The Hall–Kier alpha value is 0.0500. The van der Waals surface area contributed by atoms with Gasteiger partial charge in [-0.2, -0.15) is 11.8 Å². The molecule has 0 aliphatic carbocycles. The van der Waals surface area contributed by atoms with E-state index in [1.54, 1.807) is 0 Å². The van der Waals surface area contributed by atoms with Crippen molar-refractivity contribution >= 4 is 32.4 Å². The lowest BCUT2D eigenvalue weighted by Gasteiger charge is -2.26. The second-order valence-corrected chi connectivity index (χ2v) is 44.2. The standard InChI is InChI=1S/C7H15N.5C7H14O.C7H16.C6H13N.C6H12O2S.C6H12OS.C6H12S.C6H14.3C5H13N/c1-7-3-5-8(2)6-4-7;5*1-6-3-4-8-7(2)5-6;1-6(2)7(3,4)5;1-6-2-4-7-5-3-6;1-6-2-4-9(7,8)5-3-6;1-6-2-4-8(7)5-3-6;1-6-2-4-7-5-3-6;1-5(2)6(3)4;3*1-5(2)4-6-3/h7H,3-6H2,1-2H3;5*6-7H,3-5H2,1-2H3;6H,1-5H3;6-7H,2-5H2,1H3;6H,2-5H2,1H3;6H,2-5H2,1H3;6H,2-5H2,1H3;5-6H,1-4H3;3*5-6H,4H2,1-3H3/t;2*6?,7-;6-,7?;6-,7+;6-,7-;;;;;;;;;/m.10000........./s1. The van der Waals surface area contributed by atoms with E-state index in [2.05, 4.69) is 253 Å². The fourth-order valence-corrected chi connectivity index (χ4v) is 16.8. The van der Waals surface area contributed by atoms with Crippen molar-refractivity contribution in [2.45, 2.75) is 367 Å². The third kappa shape index (κ3) is 90.4. The van der Waals surface area contributed by atoms with Crippen LogP contribution in [0.15, 0.2) is 0 Å². The van der Waals surface area contributed by atoms with Crippen LogP contribution in [0.5, 0.6) is 0 Å². The van der Waals surface area contributed by atoms with Crippen LogP contribution in [0.4, 0.5) is 0 Å². The Morgan fingerprint density at radius 2 is 0.636 bits per heavy atom. The van der Waals surface area contributed by atoms with Crippen LogP contribution >= 0.6 is 11.8 Å². The number of nitrogens with one attached hydrogen (secondary N) is 4. The first-order valence-electron chi connectivity index (χ1n) is 45.8. The Morgan fingerprint density at radius 3 is 0.782 bits per heavy atom. The third-order valence-corrected chi connectivity index (χ3v) is 26.5. The minimum Gasteiger partial charge on any atom is -0.378 e. The summed E-state index contributed by atoms with van der Waals surface area (Å²) in [5.74, 6) is 19.2. The fourth-order valence-electron chi connectivity index (χ4n) is 12.2. The average Bonchev–Trinajstić information content (AvgIpc) is 0.894. The van der Waals surface area contributed by atoms with E-state index in [1.165, 1.54) is 153 Å². The number of rotatable bonds is 7. The lowest BCUT2D eigenvalue weighted by molar-refractivity contribution is 0.00661. The summed E-state index contributed by atoms with van der Waals surface area (Å²) in [6.07, 6.45) is 27.6. The zero-order chi connectivity index (χ0) is 85.2. The first-order chi connectivity index (χ1) is 51.3. The summed E-state index contributed by atoms with van der Waals surface area (Å²) >= 11 is 2.10. The zero-order valence-electron chi connectivity index (χ0n) is 80.4. The molecule has 16 heteroatoms. The number of hydrogen-bond acceptors (Lipinski definition) is 14. The quantitative estimate of drug-likeness (QED) is 0.192. The van der Waals surface area contributed by atoms with Gasteiger partial charge in [-0.05, 0) is 349 Å². The molecule has 0 bridgehead atoms. The second kappa shape index (κ2) is 76.4. The minimum absolute atomic E-state index is 0.411. The molecule has 0 amide bonds. The normalized spacial score (nSPS) is 27.8. The molecule has 13 nitrogen and oxygen atoms in total. The summed E-state index contributed by atoms with van der Waals surface area (Å²) in [6, 6.07) is 0. The molecule has 4 N–H and O–H groups in total. The maximum Gasteiger partial charge on any atom is 0.150 e. The van der Waals surface area contributed by atoms with E-state index in [0.717, 1.165) is 166 Å². The number of likely N-dealkylation sites (tertiary alicyclic amines) is 1. The monoisotopic (exact) mass is 1630 g/mol. The van der Waals surface area contributed by atoms with E-state index in [9.17, 15) is 12.6 Å². The molecule has 0 aromatic carbocycles. The Morgan fingerprint density at radius 1 is 0.391 bits per heavy atom. The van der Waals surface area contributed by atoms with E-state index in [1.807, 2.05) is 21.1 Å². The Labute approximate surface area is 698 Å². The molecule has 3 unspecified atom stereocenters. The van der Waals surface area contributed by atoms with Gasteiger partial charge in [0.15, 0.2) is 0 Å². The van der Waals surface area contributed by atoms with Crippen LogP contribution in [-0.4, -0.2) is 190 Å². The van der Waals surface area contributed by atoms with Crippen LogP contribution < -0.4 is 21.3 Å². The van der Waals surface area contributed by atoms with E-state index in [0.29, 0.717) is 53.4 Å². The van der Waals surface area contributed by atoms with Crippen LogP contribution in [0.25, 0.3) is 0 Å². The highest BCUT2D eigenvalue weighted by Crippen LogP contribution is 2.26. The van der Waals surface area contributed by atoms with Crippen molar-refractivity contribution < 1.29 is 36.3 Å². The molecule has 10 saturated heterocycles. The SMILES string of the molecule is CC(C)C(C)(C)C.CC(C)C(C)C.CC1CCN(C)CC1.CC1CCNCC1.CC1CCO[C@@H](C)C1.CC1CCO[C@H](C)C1.CC1CCS(=O)(=O)CC1.CC1CCS(=O)CC1.CC1CCSCC1.CC1C[C@@H](C)CCO1.CNCC(C)C.CNCC(C)C.CNCC(C)C.C[C@H]1CCO[C@@H](C)C1.C[C@H]1CCO[C@H](C)C1. The number of nitrogens with zero attached hydrogens (tertiary/aromatic N) is 1. The smallest absolute Gasteiger partial charge is 0.150 e. The van der Waals surface area contributed by atoms with Gasteiger partial charge >= 0.3 is 0 Å². The average molecular weight is 1630 g/mol. The van der Waals surface area contributed by atoms with Gasteiger partial charge in [0.1, 0.15) is 9.84 Å². The molecular formula is C94H203N5O8S3. The largest absolute Gasteiger partial charge is 0.378 e. The third-order valence-electron chi connectivity index (χ3n) is 22.3. The lowest BCUT2D eigenvalue weighted by atomic mass is 9.84. The molecule has 0 saturated carbocycles. The fraction of sp³-hybridized carbons (Fsp3) is 1.00. The van der Waals surface area contributed by atoms with Crippen LogP contribution in [0.1, 0.15) is 336 Å². The molecule has 10 aliphatic rings. The summed E-state index contributed by atoms with van der Waals surface area (Å²) in [4.78, 5) is 2.40. The number of hydrogen-bond donors (Lipinski definition) is 4. The highest BCUT2D eigenvalue weighted by molar-refractivity contribution is 7.99. The van der Waals surface area contributed by atoms with Crippen LogP contribution in [0.2, 0.25) is 0 Å². The van der Waals surface area contributed by atoms with E-state index in [-0.39, 0.29) is 0 Å². The number of thioether (sulfide) groups is 1. The van der Waals surface area contributed by atoms with Crippen LogP contribution in [0, 0.1) is 100 Å². The summed E-state index contributed by atoms with van der Waals surface area (Å²) in [5, 5.41) is 12.5. The summed E-state index contributed by atoms with van der Waals surface area (Å²) in [6.45, 7) is 80.3. The van der Waals surface area contributed by atoms with Gasteiger partial charge in [-0.1, -0.05) is 173 Å². The van der Waals surface area contributed by atoms with E-state index in [4.69, 9.17) is 23.7 Å². The van der Waals surface area contributed by atoms with E-state index < -0.39 is 20.6 Å². The molecule has 10 atom stereocenters. The molecule has 10 fully saturated rings. The maximum atomic E-state index is 10.8. The van der Waals surface area contributed by atoms with Crippen molar-refractivity contribution in [3.05, 3.63) is 0 Å². The number of ether oxygens (including phenoxy) is 5. The molecule has 0 spiro atoms. The van der Waals surface area contributed by atoms with Gasteiger partial charge in [-0.3, -0.25) is 4.21 Å². The van der Waals surface area contributed by atoms with Crippen molar-refractivity contribution in [3.8, 4) is 0 Å². The Balaban J connectivity index is -0.000000359. The molecule has 0 radical (unpaired) electrons. The molecule has 10 aliphatic heterocycles. The second-order valence-electron chi connectivity index (χ2n) is 39.0. The van der Waals surface area contributed by atoms with Crippen molar-refractivity contribution in [1.29, 1.82) is 0 Å². The molecule has 0 aromatic heterocycles.